The minimum Gasteiger partial charge on any atom is -0.308 e. The molecule has 30 heavy (non-hydrogen) atoms. The SMILES string of the molecule is C=C(C=N)CCCC(=C)/C=C\c1cccc(CC)c1/C(=C\C)CCC=C(CC)CC. The van der Waals surface area contributed by atoms with Gasteiger partial charge in [0.05, 0.1) is 0 Å². The number of benzene rings is 1. The van der Waals surface area contributed by atoms with Gasteiger partial charge in [-0.2, -0.15) is 0 Å². The van der Waals surface area contributed by atoms with Crippen molar-refractivity contribution in [1.29, 1.82) is 5.41 Å². The first-order chi connectivity index (χ1) is 14.5. The molecule has 1 N–H and O–H groups in total. The molecule has 162 valence electrons. The molecule has 0 aliphatic heterocycles. The zero-order valence-corrected chi connectivity index (χ0v) is 19.7. The smallest absolute Gasteiger partial charge is 0.0203 e. The summed E-state index contributed by atoms with van der Waals surface area (Å²) in [5.41, 5.74) is 9.08. The van der Waals surface area contributed by atoms with E-state index < -0.39 is 0 Å². The fourth-order valence-corrected chi connectivity index (χ4v) is 3.73. The Balaban J connectivity index is 3.00. The van der Waals surface area contributed by atoms with E-state index in [1.165, 1.54) is 28.5 Å². The highest BCUT2D eigenvalue weighted by atomic mass is 14.3. The lowest BCUT2D eigenvalue weighted by molar-refractivity contribution is 0.838. The van der Waals surface area contributed by atoms with Gasteiger partial charge >= 0.3 is 0 Å². The molecular weight excluding hydrogens is 362 g/mol. The average Bonchev–Trinajstić information content (AvgIpc) is 2.77. The molecule has 0 aliphatic carbocycles. The number of hydrogen-bond acceptors (Lipinski definition) is 1. The van der Waals surface area contributed by atoms with Crippen LogP contribution in [0, 0.1) is 5.41 Å². The van der Waals surface area contributed by atoms with E-state index in [0.717, 1.165) is 62.5 Å². The van der Waals surface area contributed by atoms with Crippen LogP contribution in [0.4, 0.5) is 0 Å². The summed E-state index contributed by atoms with van der Waals surface area (Å²) < 4.78 is 0. The molecule has 0 unspecified atom stereocenters. The summed E-state index contributed by atoms with van der Waals surface area (Å²) in [5.74, 6) is 0. The predicted octanol–water partition coefficient (Wildman–Crippen LogP) is 9.12. The van der Waals surface area contributed by atoms with Gasteiger partial charge in [0.15, 0.2) is 0 Å². The van der Waals surface area contributed by atoms with Crippen molar-refractivity contribution in [2.45, 2.75) is 79.1 Å². The molecule has 1 aromatic rings. The van der Waals surface area contributed by atoms with Crippen molar-refractivity contribution >= 4 is 17.9 Å². The number of aryl methyl sites for hydroxylation is 1. The van der Waals surface area contributed by atoms with E-state index in [2.05, 4.69) is 83.4 Å². The zero-order chi connectivity index (χ0) is 22.4. The third kappa shape index (κ3) is 8.53. The fourth-order valence-electron chi connectivity index (χ4n) is 3.73. The van der Waals surface area contributed by atoms with Gasteiger partial charge in [0.1, 0.15) is 0 Å². The molecule has 0 saturated carbocycles. The van der Waals surface area contributed by atoms with Crippen molar-refractivity contribution in [3.63, 3.8) is 0 Å². The Labute approximate surface area is 185 Å². The van der Waals surface area contributed by atoms with Crippen molar-refractivity contribution < 1.29 is 0 Å². The first-order valence-electron chi connectivity index (χ1n) is 11.5. The van der Waals surface area contributed by atoms with Gasteiger partial charge in [-0.3, -0.25) is 0 Å². The molecular formula is C29H41N. The van der Waals surface area contributed by atoms with Crippen LogP contribution >= 0.6 is 0 Å². The standard InChI is InChI=1S/C29H41N/c1-7-25(8-2)16-12-17-26(9-3)29-27(10-4)18-13-19-28(29)21-20-23(5)14-11-15-24(6)22-30/h9,13,16,18-22,30H,5-8,10-12,14-15,17H2,1-4H3/b21-20-,26-9-,30-22?. The van der Waals surface area contributed by atoms with Crippen LogP contribution in [0.2, 0.25) is 0 Å². The fraction of sp³-hybridized carbons (Fsp3) is 0.414. The first-order valence-corrected chi connectivity index (χ1v) is 11.5. The molecule has 0 aliphatic rings. The molecule has 0 fully saturated rings. The highest BCUT2D eigenvalue weighted by Crippen LogP contribution is 2.30. The number of rotatable bonds is 14. The third-order valence-electron chi connectivity index (χ3n) is 5.69. The maximum absolute atomic E-state index is 7.23. The molecule has 0 aromatic heterocycles. The van der Waals surface area contributed by atoms with E-state index in [1.54, 1.807) is 5.57 Å². The second kappa shape index (κ2) is 14.6. The Kier molecular flexibility index (Phi) is 12.4. The molecule has 0 bridgehead atoms. The molecule has 1 nitrogen and oxygen atoms in total. The molecule has 0 spiro atoms. The van der Waals surface area contributed by atoms with Gasteiger partial charge in [-0.15, -0.1) is 0 Å². The van der Waals surface area contributed by atoms with Gasteiger partial charge in [-0.1, -0.05) is 87.6 Å². The van der Waals surface area contributed by atoms with Crippen molar-refractivity contribution in [2.75, 3.05) is 0 Å². The highest BCUT2D eigenvalue weighted by Gasteiger charge is 2.10. The Morgan fingerprint density at radius 1 is 1.00 bits per heavy atom. The van der Waals surface area contributed by atoms with E-state index >= 15 is 0 Å². The third-order valence-corrected chi connectivity index (χ3v) is 5.69. The molecule has 0 atom stereocenters. The lowest BCUT2D eigenvalue weighted by Gasteiger charge is -2.16. The van der Waals surface area contributed by atoms with Gasteiger partial charge < -0.3 is 5.41 Å². The molecule has 0 amide bonds. The van der Waals surface area contributed by atoms with E-state index in [9.17, 15) is 0 Å². The highest BCUT2D eigenvalue weighted by molar-refractivity contribution is 5.77. The summed E-state index contributed by atoms with van der Waals surface area (Å²) in [6.07, 6.45) is 18.7. The van der Waals surface area contributed by atoms with Gasteiger partial charge in [0.2, 0.25) is 0 Å². The number of nitrogens with one attached hydrogen (secondary N) is 1. The monoisotopic (exact) mass is 403 g/mol. The Morgan fingerprint density at radius 2 is 1.70 bits per heavy atom. The second-order valence-corrected chi connectivity index (χ2v) is 7.80. The van der Waals surface area contributed by atoms with E-state index in [-0.39, 0.29) is 0 Å². The molecule has 1 aromatic carbocycles. The van der Waals surface area contributed by atoms with Gasteiger partial charge in [-0.25, -0.2) is 0 Å². The average molecular weight is 404 g/mol. The lowest BCUT2D eigenvalue weighted by Crippen LogP contribution is -1.97. The van der Waals surface area contributed by atoms with Gasteiger partial charge in [-0.05, 0) is 86.1 Å². The molecule has 0 radical (unpaired) electrons. The topological polar surface area (TPSA) is 23.9 Å². The van der Waals surface area contributed by atoms with Crippen LogP contribution in [0.5, 0.6) is 0 Å². The van der Waals surface area contributed by atoms with E-state index in [4.69, 9.17) is 5.41 Å². The normalized spacial score (nSPS) is 11.5. The molecule has 0 saturated heterocycles. The van der Waals surface area contributed by atoms with Crippen LogP contribution in [0.15, 0.2) is 66.3 Å². The summed E-state index contributed by atoms with van der Waals surface area (Å²) >= 11 is 0. The summed E-state index contributed by atoms with van der Waals surface area (Å²) in [5, 5.41) is 7.23. The molecule has 1 rings (SSSR count). The van der Waals surface area contributed by atoms with Crippen molar-refractivity contribution in [1.82, 2.24) is 0 Å². The quantitative estimate of drug-likeness (QED) is 0.182. The Bertz CT molecular complexity index is 796. The maximum atomic E-state index is 7.23. The first kappa shape index (κ1) is 25.6. The van der Waals surface area contributed by atoms with E-state index in [0.29, 0.717) is 0 Å². The van der Waals surface area contributed by atoms with Crippen LogP contribution in [0.1, 0.15) is 89.3 Å². The molecule has 0 heterocycles. The van der Waals surface area contributed by atoms with Crippen LogP contribution in [0.25, 0.3) is 11.6 Å². The van der Waals surface area contributed by atoms with E-state index in [1.807, 2.05) is 0 Å². The maximum Gasteiger partial charge on any atom is 0.0203 e. The zero-order valence-electron chi connectivity index (χ0n) is 19.7. The van der Waals surface area contributed by atoms with Crippen molar-refractivity contribution in [2.24, 2.45) is 0 Å². The summed E-state index contributed by atoms with van der Waals surface area (Å²) in [4.78, 5) is 0. The predicted molar refractivity (Wildman–Crippen MR) is 137 cm³/mol. The van der Waals surface area contributed by atoms with Gasteiger partial charge in [0.25, 0.3) is 0 Å². The Morgan fingerprint density at radius 3 is 2.30 bits per heavy atom. The minimum atomic E-state index is 0.862. The minimum absolute atomic E-state index is 0.862. The molecule has 1 heteroatoms. The number of allylic oxidation sites excluding steroid dienone is 7. The van der Waals surface area contributed by atoms with Crippen molar-refractivity contribution in [3.8, 4) is 0 Å². The van der Waals surface area contributed by atoms with Crippen molar-refractivity contribution in [3.05, 3.63) is 83.0 Å². The largest absolute Gasteiger partial charge is 0.308 e. The Hall–Kier alpha value is -2.41. The number of hydrogen-bond donors (Lipinski definition) is 1. The van der Waals surface area contributed by atoms with Crippen LogP contribution in [0.3, 0.4) is 0 Å². The summed E-state index contributed by atoms with van der Waals surface area (Å²) in [6.45, 7) is 17.0. The van der Waals surface area contributed by atoms with Gasteiger partial charge in [0, 0.05) is 6.21 Å². The second-order valence-electron chi connectivity index (χ2n) is 7.80. The van der Waals surface area contributed by atoms with Crippen LogP contribution < -0.4 is 0 Å². The summed E-state index contributed by atoms with van der Waals surface area (Å²) in [7, 11) is 0. The van der Waals surface area contributed by atoms with Crippen LogP contribution in [-0.2, 0) is 6.42 Å². The summed E-state index contributed by atoms with van der Waals surface area (Å²) in [6, 6.07) is 6.64. The lowest BCUT2D eigenvalue weighted by atomic mass is 9.89. The van der Waals surface area contributed by atoms with Crippen LogP contribution in [-0.4, -0.2) is 6.21 Å².